The van der Waals surface area contributed by atoms with Crippen molar-refractivity contribution in [3.8, 4) is 0 Å². The van der Waals surface area contributed by atoms with Gasteiger partial charge in [0, 0.05) is 31.7 Å². The Balaban J connectivity index is 2.12. The molecule has 1 aliphatic rings. The minimum Gasteiger partial charge on any atom is -0.311 e. The lowest BCUT2D eigenvalue weighted by Gasteiger charge is -2.46. The predicted molar refractivity (Wildman–Crippen MR) is 86.7 cm³/mol. The molecule has 2 nitrogen and oxygen atoms in total. The molecule has 0 bridgehead atoms. The Hall–Kier alpha value is -0.930. The van der Waals surface area contributed by atoms with Crippen molar-refractivity contribution >= 4 is 0 Å². The third-order valence-corrected chi connectivity index (χ3v) is 4.57. The highest BCUT2D eigenvalue weighted by Gasteiger charge is 2.35. The normalized spacial score (nSPS) is 24.5. The van der Waals surface area contributed by atoms with Crippen LogP contribution >= 0.6 is 0 Å². The van der Waals surface area contributed by atoms with Gasteiger partial charge in [-0.15, -0.1) is 0 Å². The fourth-order valence-corrected chi connectivity index (χ4v) is 3.07. The van der Waals surface area contributed by atoms with Gasteiger partial charge in [-0.1, -0.05) is 46.8 Å². The van der Waals surface area contributed by atoms with Gasteiger partial charge in [0.1, 0.15) is 5.82 Å². The quantitative estimate of drug-likeness (QED) is 0.914. The molecule has 21 heavy (non-hydrogen) atoms. The summed E-state index contributed by atoms with van der Waals surface area (Å²) in [5, 5.41) is 3.71. The average Bonchev–Trinajstić information content (AvgIpc) is 2.40. The van der Waals surface area contributed by atoms with Crippen LogP contribution in [0, 0.1) is 17.2 Å². The molecular weight excluding hydrogens is 263 g/mol. The van der Waals surface area contributed by atoms with Crippen LogP contribution in [0.3, 0.4) is 0 Å². The molecule has 0 aliphatic carbocycles. The first-order chi connectivity index (χ1) is 9.77. The molecule has 118 valence electrons. The van der Waals surface area contributed by atoms with Crippen LogP contribution in [0.25, 0.3) is 0 Å². The maximum absolute atomic E-state index is 13.1. The Kier molecular flexibility index (Phi) is 5.05. The van der Waals surface area contributed by atoms with Crippen LogP contribution in [0.5, 0.6) is 0 Å². The summed E-state index contributed by atoms with van der Waals surface area (Å²) in [7, 11) is 0. The summed E-state index contributed by atoms with van der Waals surface area (Å²) < 4.78 is 13.1. The van der Waals surface area contributed by atoms with E-state index in [2.05, 4.69) is 44.8 Å². The molecule has 1 aromatic carbocycles. The van der Waals surface area contributed by atoms with Crippen molar-refractivity contribution < 1.29 is 4.39 Å². The highest BCUT2D eigenvalue weighted by molar-refractivity contribution is 5.16. The summed E-state index contributed by atoms with van der Waals surface area (Å²) in [5.41, 5.74) is 1.44. The smallest absolute Gasteiger partial charge is 0.123 e. The molecule has 0 amide bonds. The molecule has 0 radical (unpaired) electrons. The van der Waals surface area contributed by atoms with E-state index in [9.17, 15) is 4.39 Å². The van der Waals surface area contributed by atoms with Crippen molar-refractivity contribution in [2.75, 3.05) is 13.1 Å². The van der Waals surface area contributed by atoms with Crippen molar-refractivity contribution in [2.24, 2.45) is 11.3 Å². The van der Waals surface area contributed by atoms with Crippen molar-refractivity contribution in [3.63, 3.8) is 0 Å². The van der Waals surface area contributed by atoms with Gasteiger partial charge in [-0.25, -0.2) is 4.39 Å². The van der Waals surface area contributed by atoms with Crippen molar-refractivity contribution in [2.45, 2.75) is 53.2 Å². The van der Waals surface area contributed by atoms with Gasteiger partial charge in [-0.2, -0.15) is 0 Å². The van der Waals surface area contributed by atoms with Gasteiger partial charge in [-0.05, 0) is 29.0 Å². The van der Waals surface area contributed by atoms with Gasteiger partial charge >= 0.3 is 0 Å². The van der Waals surface area contributed by atoms with Gasteiger partial charge in [0.15, 0.2) is 0 Å². The van der Waals surface area contributed by atoms with Gasteiger partial charge in [0.25, 0.3) is 0 Å². The first-order valence-corrected chi connectivity index (χ1v) is 7.99. The molecule has 1 saturated heterocycles. The van der Waals surface area contributed by atoms with Crippen LogP contribution in [0.4, 0.5) is 4.39 Å². The fraction of sp³-hybridized carbons (Fsp3) is 0.667. The van der Waals surface area contributed by atoms with E-state index in [1.54, 1.807) is 12.1 Å². The van der Waals surface area contributed by atoms with Crippen molar-refractivity contribution in [1.29, 1.82) is 0 Å². The lowest BCUT2D eigenvalue weighted by atomic mass is 9.83. The largest absolute Gasteiger partial charge is 0.311 e. The standard InChI is InChI=1S/C18H29FN2/c1-13(2)16-10-20-17(18(3,4)5)12-21(16)11-14-6-8-15(19)9-7-14/h6-9,13,16-17,20H,10-12H2,1-5H3. The number of nitrogens with zero attached hydrogens (tertiary/aromatic N) is 1. The molecular formula is C18H29FN2. The van der Waals surface area contributed by atoms with E-state index in [1.807, 2.05) is 12.1 Å². The van der Waals surface area contributed by atoms with Crippen molar-refractivity contribution in [1.82, 2.24) is 10.2 Å². The number of benzene rings is 1. The summed E-state index contributed by atoms with van der Waals surface area (Å²) in [6.07, 6.45) is 0. The molecule has 0 aromatic heterocycles. The molecule has 1 aliphatic heterocycles. The van der Waals surface area contributed by atoms with Gasteiger partial charge in [-0.3, -0.25) is 4.90 Å². The van der Waals surface area contributed by atoms with E-state index in [0.717, 1.165) is 19.6 Å². The second-order valence-electron chi connectivity index (χ2n) is 7.69. The minimum absolute atomic E-state index is 0.160. The number of halogens is 1. The summed E-state index contributed by atoms with van der Waals surface area (Å²) >= 11 is 0. The number of hydrogen-bond acceptors (Lipinski definition) is 2. The van der Waals surface area contributed by atoms with E-state index >= 15 is 0 Å². The number of hydrogen-bond donors (Lipinski definition) is 1. The lowest BCUT2D eigenvalue weighted by molar-refractivity contribution is 0.0572. The van der Waals surface area contributed by atoms with E-state index in [1.165, 1.54) is 5.56 Å². The molecule has 0 saturated carbocycles. The molecule has 1 N–H and O–H groups in total. The van der Waals surface area contributed by atoms with E-state index < -0.39 is 0 Å². The summed E-state index contributed by atoms with van der Waals surface area (Å²) in [5.74, 6) is 0.450. The second-order valence-corrected chi connectivity index (χ2v) is 7.69. The van der Waals surface area contributed by atoms with Crippen LogP contribution in [-0.2, 0) is 6.54 Å². The Morgan fingerprint density at radius 3 is 2.38 bits per heavy atom. The second kappa shape index (κ2) is 6.45. The summed E-state index contributed by atoms with van der Waals surface area (Å²) in [4.78, 5) is 2.56. The Morgan fingerprint density at radius 1 is 1.24 bits per heavy atom. The zero-order valence-corrected chi connectivity index (χ0v) is 14.0. The Morgan fingerprint density at radius 2 is 1.86 bits per heavy atom. The van der Waals surface area contributed by atoms with Crippen LogP contribution < -0.4 is 5.32 Å². The SMILES string of the molecule is CC(C)C1CNC(C(C)(C)C)CN1Cc1ccc(F)cc1. The van der Waals surface area contributed by atoms with Crippen LogP contribution in [0.15, 0.2) is 24.3 Å². The van der Waals surface area contributed by atoms with E-state index in [-0.39, 0.29) is 11.2 Å². The van der Waals surface area contributed by atoms with E-state index in [0.29, 0.717) is 18.0 Å². The maximum atomic E-state index is 13.1. The first-order valence-electron chi connectivity index (χ1n) is 7.99. The van der Waals surface area contributed by atoms with Gasteiger partial charge in [0.2, 0.25) is 0 Å². The highest BCUT2D eigenvalue weighted by atomic mass is 19.1. The number of rotatable bonds is 3. The highest BCUT2D eigenvalue weighted by Crippen LogP contribution is 2.26. The maximum Gasteiger partial charge on any atom is 0.123 e. The third kappa shape index (κ3) is 4.27. The number of piperazine rings is 1. The predicted octanol–water partition coefficient (Wildman–Crippen LogP) is 3.67. The first kappa shape index (κ1) is 16.4. The van der Waals surface area contributed by atoms with Gasteiger partial charge in [0.05, 0.1) is 0 Å². The lowest BCUT2D eigenvalue weighted by Crippen LogP contribution is -2.61. The molecule has 1 heterocycles. The van der Waals surface area contributed by atoms with Crippen LogP contribution in [0.1, 0.15) is 40.2 Å². The molecule has 2 unspecified atom stereocenters. The topological polar surface area (TPSA) is 15.3 Å². The molecule has 1 aromatic rings. The average molecular weight is 292 g/mol. The molecule has 1 fully saturated rings. The zero-order valence-electron chi connectivity index (χ0n) is 14.0. The third-order valence-electron chi connectivity index (χ3n) is 4.57. The fourth-order valence-electron chi connectivity index (χ4n) is 3.07. The minimum atomic E-state index is -0.160. The summed E-state index contributed by atoms with van der Waals surface area (Å²) in [6.45, 7) is 14.4. The monoisotopic (exact) mass is 292 g/mol. The Labute approximate surface area is 128 Å². The molecule has 0 spiro atoms. The van der Waals surface area contributed by atoms with Gasteiger partial charge < -0.3 is 5.32 Å². The van der Waals surface area contributed by atoms with Crippen LogP contribution in [-0.4, -0.2) is 30.1 Å². The summed E-state index contributed by atoms with van der Waals surface area (Å²) in [6, 6.07) is 7.95. The van der Waals surface area contributed by atoms with Crippen molar-refractivity contribution in [3.05, 3.63) is 35.6 Å². The molecule has 3 heteroatoms. The Bertz CT molecular complexity index is 447. The zero-order chi connectivity index (χ0) is 15.6. The molecule has 2 rings (SSSR count). The van der Waals surface area contributed by atoms with Crippen LogP contribution in [0.2, 0.25) is 0 Å². The number of nitrogens with one attached hydrogen (secondary N) is 1. The molecule has 2 atom stereocenters. The van der Waals surface area contributed by atoms with E-state index in [4.69, 9.17) is 0 Å².